The normalized spacial score (nSPS) is 13.4. The molecule has 3 aromatic rings. The zero-order valence-electron chi connectivity index (χ0n) is 15.0. The first-order valence-electron chi connectivity index (χ1n) is 8.82. The van der Waals surface area contributed by atoms with Crippen molar-refractivity contribution in [2.75, 3.05) is 23.3 Å². The second-order valence-corrected chi connectivity index (χ2v) is 9.29. The predicted octanol–water partition coefficient (Wildman–Crippen LogP) is 3.36. The minimum Gasteiger partial charge on any atom is -0.339 e. The Bertz CT molecular complexity index is 1100. The topological polar surface area (TPSA) is 78.5 Å². The third-order valence-electron chi connectivity index (χ3n) is 4.54. The van der Waals surface area contributed by atoms with E-state index in [9.17, 15) is 13.2 Å². The van der Waals surface area contributed by atoms with Gasteiger partial charge in [0.2, 0.25) is 5.91 Å². The molecule has 0 spiro atoms. The third kappa shape index (κ3) is 3.80. The van der Waals surface area contributed by atoms with Crippen LogP contribution in [0.1, 0.15) is 5.56 Å². The standard InChI is InChI=1S/C20H19N3O3S2/c24-19(14-21-28(25,26)20-10-5-13-27-20)22-16-7-2-4-9-18(16)23-12-11-15-6-1-3-8-17(15)23/h1-10,13,21H,11-12,14H2,(H,22,24). The molecule has 28 heavy (non-hydrogen) atoms. The van der Waals surface area contributed by atoms with Crippen LogP contribution in [0, 0.1) is 0 Å². The fraction of sp³-hybridized carbons (Fsp3) is 0.150. The van der Waals surface area contributed by atoms with Gasteiger partial charge in [0.25, 0.3) is 10.0 Å². The number of nitrogens with zero attached hydrogens (tertiary/aromatic N) is 1. The van der Waals surface area contributed by atoms with E-state index in [-0.39, 0.29) is 10.8 Å². The lowest BCUT2D eigenvalue weighted by molar-refractivity contribution is -0.115. The van der Waals surface area contributed by atoms with Crippen LogP contribution in [0.5, 0.6) is 0 Å². The van der Waals surface area contributed by atoms with Gasteiger partial charge >= 0.3 is 0 Å². The number of carbonyl (C=O) groups excluding carboxylic acids is 1. The van der Waals surface area contributed by atoms with E-state index in [0.717, 1.165) is 35.7 Å². The van der Waals surface area contributed by atoms with Crippen LogP contribution in [0.25, 0.3) is 0 Å². The quantitative estimate of drug-likeness (QED) is 0.650. The number of rotatable bonds is 6. The van der Waals surface area contributed by atoms with Crippen LogP contribution >= 0.6 is 11.3 Å². The van der Waals surface area contributed by atoms with Crippen LogP contribution in [-0.4, -0.2) is 27.4 Å². The van der Waals surface area contributed by atoms with Crippen LogP contribution in [0.4, 0.5) is 17.1 Å². The zero-order chi connectivity index (χ0) is 19.6. The monoisotopic (exact) mass is 413 g/mol. The first-order valence-corrected chi connectivity index (χ1v) is 11.2. The van der Waals surface area contributed by atoms with E-state index in [4.69, 9.17) is 0 Å². The molecule has 4 rings (SSSR count). The molecule has 1 aliphatic heterocycles. The molecule has 6 nitrogen and oxygen atoms in total. The number of carbonyl (C=O) groups is 1. The molecule has 0 bridgehead atoms. The van der Waals surface area contributed by atoms with Gasteiger partial charge < -0.3 is 10.2 Å². The van der Waals surface area contributed by atoms with Gasteiger partial charge in [-0.2, -0.15) is 0 Å². The maximum atomic E-state index is 12.4. The molecule has 1 amide bonds. The Kier molecular flexibility index (Phi) is 5.17. The van der Waals surface area contributed by atoms with Crippen LogP contribution in [0.2, 0.25) is 0 Å². The second-order valence-electron chi connectivity index (χ2n) is 6.35. The summed E-state index contributed by atoms with van der Waals surface area (Å²) in [6, 6.07) is 18.9. The van der Waals surface area contributed by atoms with E-state index in [1.54, 1.807) is 11.4 Å². The van der Waals surface area contributed by atoms with Gasteiger partial charge in [-0.15, -0.1) is 11.3 Å². The molecule has 0 saturated carbocycles. The number of sulfonamides is 1. The Balaban J connectivity index is 1.48. The Morgan fingerprint density at radius 3 is 2.54 bits per heavy atom. The molecule has 2 heterocycles. The maximum Gasteiger partial charge on any atom is 0.250 e. The Hall–Kier alpha value is -2.68. The van der Waals surface area contributed by atoms with Crippen molar-refractivity contribution in [2.45, 2.75) is 10.6 Å². The summed E-state index contributed by atoms with van der Waals surface area (Å²) in [7, 11) is -3.67. The van der Waals surface area contributed by atoms with E-state index in [1.807, 2.05) is 36.4 Å². The first kappa shape index (κ1) is 18.7. The van der Waals surface area contributed by atoms with Crippen molar-refractivity contribution in [3.63, 3.8) is 0 Å². The van der Waals surface area contributed by atoms with Crippen LogP contribution < -0.4 is 14.9 Å². The highest BCUT2D eigenvalue weighted by Gasteiger charge is 2.22. The predicted molar refractivity (Wildman–Crippen MR) is 112 cm³/mol. The molecule has 8 heteroatoms. The smallest absolute Gasteiger partial charge is 0.250 e. The Labute approximate surface area is 167 Å². The average Bonchev–Trinajstić information content (AvgIpc) is 3.37. The Morgan fingerprint density at radius 2 is 1.75 bits per heavy atom. The fourth-order valence-corrected chi connectivity index (χ4v) is 5.27. The molecular formula is C20H19N3O3S2. The summed E-state index contributed by atoms with van der Waals surface area (Å²) in [5, 5.41) is 4.51. The van der Waals surface area contributed by atoms with Gasteiger partial charge in [-0.05, 0) is 41.6 Å². The van der Waals surface area contributed by atoms with Crippen molar-refractivity contribution in [1.82, 2.24) is 4.72 Å². The fourth-order valence-electron chi connectivity index (χ4n) is 3.25. The molecule has 0 saturated heterocycles. The summed E-state index contributed by atoms with van der Waals surface area (Å²) < 4.78 is 26.9. The molecular weight excluding hydrogens is 394 g/mol. The number of hydrogen-bond donors (Lipinski definition) is 2. The molecule has 2 aromatic carbocycles. The number of fused-ring (bicyclic) bond motifs is 1. The minimum absolute atomic E-state index is 0.189. The largest absolute Gasteiger partial charge is 0.339 e. The molecule has 0 atom stereocenters. The molecule has 2 N–H and O–H groups in total. The van der Waals surface area contributed by atoms with Crippen LogP contribution in [0.3, 0.4) is 0 Å². The number of thiophene rings is 1. The van der Waals surface area contributed by atoms with E-state index in [2.05, 4.69) is 27.1 Å². The third-order valence-corrected chi connectivity index (χ3v) is 7.34. The second kappa shape index (κ2) is 7.75. The van der Waals surface area contributed by atoms with E-state index >= 15 is 0 Å². The van der Waals surface area contributed by atoms with Crippen molar-refractivity contribution < 1.29 is 13.2 Å². The number of para-hydroxylation sites is 3. The lowest BCUT2D eigenvalue weighted by Gasteiger charge is -2.23. The van der Waals surface area contributed by atoms with Crippen molar-refractivity contribution >= 4 is 44.3 Å². The highest BCUT2D eigenvalue weighted by Crippen LogP contribution is 2.38. The number of benzene rings is 2. The molecule has 0 unspecified atom stereocenters. The Morgan fingerprint density at radius 1 is 1.00 bits per heavy atom. The summed E-state index contributed by atoms with van der Waals surface area (Å²) in [6.07, 6.45) is 0.944. The SMILES string of the molecule is O=C(CNS(=O)(=O)c1cccs1)Nc1ccccc1N1CCc2ccccc21. The van der Waals surface area contributed by atoms with Crippen molar-refractivity contribution in [1.29, 1.82) is 0 Å². The van der Waals surface area contributed by atoms with Crippen molar-refractivity contribution in [3.8, 4) is 0 Å². The molecule has 0 aliphatic carbocycles. The maximum absolute atomic E-state index is 12.4. The molecule has 1 aromatic heterocycles. The zero-order valence-corrected chi connectivity index (χ0v) is 16.6. The summed E-state index contributed by atoms with van der Waals surface area (Å²) >= 11 is 1.11. The summed E-state index contributed by atoms with van der Waals surface area (Å²) in [5.41, 5.74) is 3.94. The number of hydrogen-bond acceptors (Lipinski definition) is 5. The lowest BCUT2D eigenvalue weighted by Crippen LogP contribution is -2.32. The van der Waals surface area contributed by atoms with E-state index < -0.39 is 15.9 Å². The highest BCUT2D eigenvalue weighted by atomic mass is 32.2. The van der Waals surface area contributed by atoms with Gasteiger partial charge in [0, 0.05) is 12.2 Å². The average molecular weight is 414 g/mol. The van der Waals surface area contributed by atoms with E-state index in [1.165, 1.54) is 11.6 Å². The molecule has 0 fully saturated rings. The number of nitrogens with one attached hydrogen (secondary N) is 2. The summed E-state index contributed by atoms with van der Waals surface area (Å²) in [4.78, 5) is 14.6. The van der Waals surface area contributed by atoms with Crippen molar-refractivity contribution in [2.24, 2.45) is 0 Å². The molecule has 144 valence electrons. The van der Waals surface area contributed by atoms with Crippen LogP contribution in [-0.2, 0) is 21.2 Å². The highest BCUT2D eigenvalue weighted by molar-refractivity contribution is 7.91. The van der Waals surface area contributed by atoms with Gasteiger partial charge in [-0.1, -0.05) is 36.4 Å². The first-order chi connectivity index (χ1) is 13.5. The van der Waals surface area contributed by atoms with E-state index in [0.29, 0.717) is 5.69 Å². The van der Waals surface area contributed by atoms with Crippen LogP contribution in [0.15, 0.2) is 70.3 Å². The van der Waals surface area contributed by atoms with Crippen molar-refractivity contribution in [3.05, 3.63) is 71.6 Å². The minimum atomic E-state index is -3.67. The number of amides is 1. The van der Waals surface area contributed by atoms with Gasteiger partial charge in [0.15, 0.2) is 0 Å². The number of anilines is 3. The van der Waals surface area contributed by atoms with Gasteiger partial charge in [-0.25, -0.2) is 13.1 Å². The van der Waals surface area contributed by atoms with Gasteiger partial charge in [0.05, 0.1) is 17.9 Å². The lowest BCUT2D eigenvalue weighted by atomic mass is 10.2. The summed E-state index contributed by atoms with van der Waals surface area (Å²) in [6.45, 7) is 0.502. The molecule has 1 aliphatic rings. The van der Waals surface area contributed by atoms with Gasteiger partial charge in [-0.3, -0.25) is 4.79 Å². The van der Waals surface area contributed by atoms with Gasteiger partial charge in [0.1, 0.15) is 4.21 Å². The molecule has 0 radical (unpaired) electrons. The summed E-state index contributed by atoms with van der Waals surface area (Å²) in [5.74, 6) is -0.417.